The van der Waals surface area contributed by atoms with Crippen molar-refractivity contribution in [2.75, 3.05) is 19.1 Å². The quantitative estimate of drug-likeness (QED) is 0.212. The van der Waals surface area contributed by atoms with Crippen molar-refractivity contribution in [1.29, 1.82) is 0 Å². The second-order valence-corrected chi connectivity index (χ2v) is 11.0. The number of nitrogens with zero attached hydrogens (tertiary/aromatic N) is 1. The normalized spacial score (nSPS) is 25.0. The van der Waals surface area contributed by atoms with Crippen molar-refractivity contribution >= 4 is 41.6 Å². The van der Waals surface area contributed by atoms with Crippen LogP contribution < -0.4 is 19.8 Å². The van der Waals surface area contributed by atoms with Crippen LogP contribution >= 0.6 is 0 Å². The van der Waals surface area contributed by atoms with Crippen LogP contribution in [0.5, 0.6) is 17.2 Å². The molecule has 2 aromatic carbocycles. The molecule has 1 saturated heterocycles. The minimum atomic E-state index is -1.78. The first-order valence-electron chi connectivity index (χ1n) is 13.6. The Morgan fingerprint density at radius 1 is 0.952 bits per heavy atom. The Hall–Kier alpha value is -4.48. The van der Waals surface area contributed by atoms with E-state index in [9.17, 15) is 34.3 Å². The van der Waals surface area contributed by atoms with E-state index in [1.54, 1.807) is 13.0 Å². The average Bonchev–Trinajstić information content (AvgIpc) is 3.23. The molecule has 42 heavy (non-hydrogen) atoms. The molecule has 2 amide bonds. The summed E-state index contributed by atoms with van der Waals surface area (Å²) in [5, 5.41) is 29.6. The molecular weight excluding hydrogens is 541 g/mol. The first kappa shape index (κ1) is 27.7. The van der Waals surface area contributed by atoms with Crippen molar-refractivity contribution in [3.05, 3.63) is 76.4 Å². The highest BCUT2D eigenvalue weighted by Crippen LogP contribution is 2.58. The van der Waals surface area contributed by atoms with E-state index in [-0.39, 0.29) is 69.5 Å². The van der Waals surface area contributed by atoms with Crippen LogP contribution in [0.1, 0.15) is 31.2 Å². The maximum absolute atomic E-state index is 14.1. The molecule has 6 rings (SSSR count). The second-order valence-electron chi connectivity index (χ2n) is 11.0. The van der Waals surface area contributed by atoms with Crippen molar-refractivity contribution in [2.45, 2.75) is 25.7 Å². The van der Waals surface area contributed by atoms with Gasteiger partial charge in [-0.3, -0.25) is 24.1 Å². The van der Waals surface area contributed by atoms with Gasteiger partial charge in [0.15, 0.2) is 11.6 Å². The molecule has 11 heteroatoms. The van der Waals surface area contributed by atoms with Gasteiger partial charge in [0.2, 0.25) is 11.8 Å². The molecule has 2 aromatic rings. The summed E-state index contributed by atoms with van der Waals surface area (Å²) in [5.74, 6) is -4.07. The van der Waals surface area contributed by atoms with E-state index in [1.165, 1.54) is 50.6 Å². The lowest BCUT2D eigenvalue weighted by Crippen LogP contribution is -2.40. The van der Waals surface area contributed by atoms with E-state index in [2.05, 4.69) is 0 Å². The zero-order chi connectivity index (χ0) is 30.0. The lowest BCUT2D eigenvalue weighted by Gasteiger charge is -2.42. The number of aromatic hydroxyl groups is 1. The third-order valence-electron chi connectivity index (χ3n) is 8.81. The van der Waals surface area contributed by atoms with Gasteiger partial charge in [-0.25, -0.2) is 0 Å². The summed E-state index contributed by atoms with van der Waals surface area (Å²) >= 11 is 0. The molecule has 4 atom stereocenters. The van der Waals surface area contributed by atoms with Gasteiger partial charge >= 0.3 is 7.12 Å². The summed E-state index contributed by atoms with van der Waals surface area (Å²) in [7, 11) is 1.07. The van der Waals surface area contributed by atoms with Crippen LogP contribution in [-0.4, -0.2) is 59.9 Å². The van der Waals surface area contributed by atoms with E-state index >= 15 is 0 Å². The van der Waals surface area contributed by atoms with Crippen LogP contribution in [0.15, 0.2) is 70.8 Å². The largest absolute Gasteiger partial charge is 0.508 e. The summed E-state index contributed by atoms with van der Waals surface area (Å²) in [6.07, 6.45) is 3.50. The summed E-state index contributed by atoms with van der Waals surface area (Å²) < 4.78 is 11.3. The lowest BCUT2D eigenvalue weighted by molar-refractivity contribution is -0.123. The number of phenolic OH excluding ortho intramolecular Hbond substituents is 1. The van der Waals surface area contributed by atoms with Crippen LogP contribution in [0.4, 0.5) is 5.69 Å². The number of phenols is 1. The van der Waals surface area contributed by atoms with Crippen LogP contribution in [0.3, 0.4) is 0 Å². The Labute approximate surface area is 241 Å². The van der Waals surface area contributed by atoms with Gasteiger partial charge in [0.1, 0.15) is 17.2 Å². The number of ketones is 2. The average molecular weight is 569 g/mol. The van der Waals surface area contributed by atoms with E-state index in [4.69, 9.17) is 9.47 Å². The summed E-state index contributed by atoms with van der Waals surface area (Å²) in [5.41, 5.74) is 2.35. The van der Waals surface area contributed by atoms with Crippen molar-refractivity contribution in [3.8, 4) is 17.2 Å². The Kier molecular flexibility index (Phi) is 6.66. The zero-order valence-electron chi connectivity index (χ0n) is 23.2. The van der Waals surface area contributed by atoms with E-state index in [0.717, 1.165) is 4.90 Å². The number of benzene rings is 2. The molecule has 1 heterocycles. The predicted octanol–water partition coefficient (Wildman–Crippen LogP) is 1.72. The molecule has 0 bridgehead atoms. The minimum absolute atomic E-state index is 0.0954. The molecule has 0 aromatic heterocycles. The van der Waals surface area contributed by atoms with Gasteiger partial charge in [0.05, 0.1) is 31.7 Å². The Balaban J connectivity index is 1.52. The molecule has 3 N–H and O–H groups in total. The number of ether oxygens (including phenoxy) is 2. The third kappa shape index (κ3) is 4.03. The fourth-order valence-corrected chi connectivity index (χ4v) is 6.98. The van der Waals surface area contributed by atoms with Gasteiger partial charge in [-0.1, -0.05) is 23.8 Å². The number of carbonyl (C=O) groups is 4. The van der Waals surface area contributed by atoms with Crippen LogP contribution in [-0.2, 0) is 19.2 Å². The SMILES string of the molecule is COc1cc(O)cc(OC)c1C1C2=CCC3C(=O)N(c4cccc(B(O)O)c4)C(=O)C3C2CC2=C1C(=O)C(C)=CC2=O. The summed E-state index contributed by atoms with van der Waals surface area (Å²) in [6.45, 7) is 1.58. The number of imide groups is 1. The molecule has 0 radical (unpaired) electrons. The highest BCUT2D eigenvalue weighted by Gasteiger charge is 2.57. The first-order valence-corrected chi connectivity index (χ1v) is 13.6. The Morgan fingerprint density at radius 3 is 2.29 bits per heavy atom. The number of methoxy groups -OCH3 is 2. The Bertz CT molecular complexity index is 1640. The molecule has 0 saturated carbocycles. The number of amides is 2. The van der Waals surface area contributed by atoms with Crippen molar-refractivity contribution in [2.24, 2.45) is 17.8 Å². The topological polar surface area (TPSA) is 151 Å². The molecule has 10 nitrogen and oxygen atoms in total. The standard InChI is InChI=1S/C31H28BNO9/c1-14-9-22(35)21-13-20-18(26(27(21)29(14)36)28-23(41-2)11-17(34)12-24(28)42-3)7-8-19-25(20)31(38)33(30(19)37)16-6-4-5-15(10-16)32(39)40/h4-7,9-12,19-20,25-26,34,39-40H,8,13H2,1-3H3. The summed E-state index contributed by atoms with van der Waals surface area (Å²) in [6, 6.07) is 8.76. The molecular formula is C31H28BNO9. The van der Waals surface area contributed by atoms with Gasteiger partial charge in [0.25, 0.3) is 0 Å². The van der Waals surface area contributed by atoms with E-state index < -0.39 is 42.6 Å². The van der Waals surface area contributed by atoms with Crippen LogP contribution in [0, 0.1) is 17.8 Å². The third-order valence-corrected chi connectivity index (χ3v) is 8.81. The molecule has 3 aliphatic carbocycles. The smallest absolute Gasteiger partial charge is 0.488 e. The minimum Gasteiger partial charge on any atom is -0.508 e. The highest BCUT2D eigenvalue weighted by molar-refractivity contribution is 6.58. The number of rotatable bonds is 5. The molecule has 0 spiro atoms. The van der Waals surface area contributed by atoms with Gasteiger partial charge in [-0.05, 0) is 49.4 Å². The number of Topliss-reactive ketones (excluding diaryl/α,β-unsaturated/α-hetero) is 1. The molecule has 4 unspecified atom stereocenters. The molecule has 1 aliphatic heterocycles. The van der Waals surface area contributed by atoms with Gasteiger partial charge in [-0.15, -0.1) is 0 Å². The lowest BCUT2D eigenvalue weighted by atomic mass is 9.59. The van der Waals surface area contributed by atoms with Gasteiger partial charge in [-0.2, -0.15) is 0 Å². The first-order chi connectivity index (χ1) is 20.1. The maximum atomic E-state index is 14.1. The van der Waals surface area contributed by atoms with E-state index in [1.807, 2.05) is 6.08 Å². The van der Waals surface area contributed by atoms with Crippen molar-refractivity contribution < 1.29 is 43.8 Å². The molecule has 4 aliphatic rings. The van der Waals surface area contributed by atoms with E-state index in [0.29, 0.717) is 11.1 Å². The van der Waals surface area contributed by atoms with Crippen LogP contribution in [0.25, 0.3) is 0 Å². The zero-order valence-corrected chi connectivity index (χ0v) is 23.2. The number of anilines is 1. The Morgan fingerprint density at radius 2 is 1.64 bits per heavy atom. The summed E-state index contributed by atoms with van der Waals surface area (Å²) in [4.78, 5) is 55.9. The highest BCUT2D eigenvalue weighted by atomic mass is 16.5. The predicted molar refractivity (Wildman–Crippen MR) is 151 cm³/mol. The van der Waals surface area contributed by atoms with Crippen molar-refractivity contribution in [3.63, 3.8) is 0 Å². The molecule has 1 fully saturated rings. The van der Waals surface area contributed by atoms with Gasteiger partial charge < -0.3 is 24.6 Å². The maximum Gasteiger partial charge on any atom is 0.488 e. The number of carbonyl (C=O) groups excluding carboxylic acids is 4. The number of fused-ring (bicyclic) bond motifs is 3. The fourth-order valence-electron chi connectivity index (χ4n) is 6.98. The second kappa shape index (κ2) is 10.1. The number of hydrogen-bond acceptors (Lipinski definition) is 9. The van der Waals surface area contributed by atoms with Gasteiger partial charge in [0, 0.05) is 40.3 Å². The number of allylic oxidation sites excluding steroid dienone is 6. The molecule has 214 valence electrons. The number of hydrogen-bond donors (Lipinski definition) is 3. The monoisotopic (exact) mass is 569 g/mol. The van der Waals surface area contributed by atoms with Crippen molar-refractivity contribution in [1.82, 2.24) is 0 Å². The van der Waals surface area contributed by atoms with Crippen LogP contribution in [0.2, 0.25) is 0 Å². The fraction of sp³-hybridized carbons (Fsp3) is 0.290.